The standard InChI is InChI=1S/C24H22N10O2/c1-31-11-10-19(28-31)24(36)33-14-12-32(13-15-33)23(35)16-6-8-17(9-7-16)25-21-22-27-29-30-34(22)20-5-3-2-4-18(20)26-21/h2-11H,12-15H2,1H3,(H,25,26). The summed E-state index contributed by atoms with van der Waals surface area (Å²) in [7, 11) is 1.78. The summed E-state index contributed by atoms with van der Waals surface area (Å²) < 4.78 is 3.24. The molecule has 0 saturated carbocycles. The zero-order valence-corrected chi connectivity index (χ0v) is 19.4. The summed E-state index contributed by atoms with van der Waals surface area (Å²) in [5, 5.41) is 19.4. The number of fused-ring (bicyclic) bond motifs is 3. The molecule has 1 aliphatic heterocycles. The van der Waals surface area contributed by atoms with Crippen molar-refractivity contribution in [1.29, 1.82) is 0 Å². The molecule has 12 nitrogen and oxygen atoms in total. The third kappa shape index (κ3) is 3.87. The average molecular weight is 483 g/mol. The van der Waals surface area contributed by atoms with Crippen LogP contribution in [0.25, 0.3) is 16.7 Å². The van der Waals surface area contributed by atoms with Gasteiger partial charge in [0.25, 0.3) is 11.8 Å². The number of benzene rings is 2. The molecule has 0 bridgehead atoms. The van der Waals surface area contributed by atoms with Crippen molar-refractivity contribution >= 4 is 40.0 Å². The summed E-state index contributed by atoms with van der Waals surface area (Å²) in [5.74, 6) is 0.336. The minimum absolute atomic E-state index is 0.0700. The summed E-state index contributed by atoms with van der Waals surface area (Å²) in [4.78, 5) is 33.8. The molecule has 12 heteroatoms. The van der Waals surface area contributed by atoms with Crippen LogP contribution in [0.2, 0.25) is 0 Å². The van der Waals surface area contributed by atoms with Gasteiger partial charge in [-0.1, -0.05) is 12.1 Å². The normalized spacial score (nSPS) is 13.9. The highest BCUT2D eigenvalue weighted by atomic mass is 16.2. The first-order valence-electron chi connectivity index (χ1n) is 11.5. The van der Waals surface area contributed by atoms with Crippen LogP contribution in [0.1, 0.15) is 20.8 Å². The monoisotopic (exact) mass is 482 g/mol. The number of hydrogen-bond acceptors (Lipinski definition) is 8. The summed E-state index contributed by atoms with van der Waals surface area (Å²) in [5.41, 5.74) is 3.82. The van der Waals surface area contributed by atoms with E-state index < -0.39 is 0 Å². The molecule has 0 radical (unpaired) electrons. The number of hydrogen-bond donors (Lipinski definition) is 1. The quantitative estimate of drug-likeness (QED) is 0.411. The Balaban J connectivity index is 1.13. The lowest BCUT2D eigenvalue weighted by molar-refractivity contribution is 0.0532. The van der Waals surface area contributed by atoms with E-state index >= 15 is 0 Å². The third-order valence-corrected chi connectivity index (χ3v) is 6.20. The van der Waals surface area contributed by atoms with Crippen LogP contribution in [0.15, 0.2) is 60.8 Å². The molecule has 0 atom stereocenters. The number of carbonyl (C=O) groups excluding carboxylic acids is 2. The molecular formula is C24H22N10O2. The van der Waals surface area contributed by atoms with E-state index in [4.69, 9.17) is 0 Å². The molecule has 0 aliphatic carbocycles. The van der Waals surface area contributed by atoms with Crippen LogP contribution in [0.3, 0.4) is 0 Å². The topological polar surface area (TPSA) is 126 Å². The van der Waals surface area contributed by atoms with Gasteiger partial charge in [0.15, 0.2) is 5.82 Å². The van der Waals surface area contributed by atoms with Gasteiger partial charge in [-0.3, -0.25) is 14.3 Å². The van der Waals surface area contributed by atoms with Crippen molar-refractivity contribution in [2.75, 3.05) is 31.5 Å². The fourth-order valence-corrected chi connectivity index (χ4v) is 4.31. The van der Waals surface area contributed by atoms with Crippen molar-refractivity contribution in [2.45, 2.75) is 0 Å². The van der Waals surface area contributed by atoms with Crippen LogP contribution in [-0.4, -0.2) is 82.6 Å². The van der Waals surface area contributed by atoms with E-state index in [0.717, 1.165) is 16.7 Å². The fourth-order valence-electron chi connectivity index (χ4n) is 4.31. The zero-order chi connectivity index (χ0) is 24.6. The highest BCUT2D eigenvalue weighted by Crippen LogP contribution is 2.23. The van der Waals surface area contributed by atoms with Gasteiger partial charge in [-0.2, -0.15) is 9.61 Å². The lowest BCUT2D eigenvalue weighted by atomic mass is 10.1. The van der Waals surface area contributed by atoms with Crippen LogP contribution in [-0.2, 0) is 7.05 Å². The van der Waals surface area contributed by atoms with Crippen molar-refractivity contribution in [3.8, 4) is 0 Å². The van der Waals surface area contributed by atoms with Crippen molar-refractivity contribution in [1.82, 2.24) is 44.6 Å². The number of para-hydroxylation sites is 2. The highest BCUT2D eigenvalue weighted by Gasteiger charge is 2.26. The number of carbonyl (C=O) groups is 2. The minimum Gasteiger partial charge on any atom is -0.337 e. The third-order valence-electron chi connectivity index (χ3n) is 6.20. The van der Waals surface area contributed by atoms with E-state index in [1.54, 1.807) is 50.4 Å². The Labute approximate surface area is 205 Å². The van der Waals surface area contributed by atoms with Crippen molar-refractivity contribution in [2.24, 2.45) is 7.05 Å². The van der Waals surface area contributed by atoms with Crippen LogP contribution < -0.4 is 5.32 Å². The van der Waals surface area contributed by atoms with E-state index in [9.17, 15) is 9.59 Å². The van der Waals surface area contributed by atoms with E-state index in [1.165, 1.54) is 0 Å². The summed E-state index contributed by atoms with van der Waals surface area (Å²) in [6.45, 7) is 1.88. The van der Waals surface area contributed by atoms with Crippen LogP contribution in [0, 0.1) is 0 Å². The minimum atomic E-state index is -0.114. The van der Waals surface area contributed by atoms with Gasteiger partial charge in [-0.25, -0.2) is 4.98 Å². The number of anilines is 2. The molecule has 5 aromatic rings. The van der Waals surface area contributed by atoms with Gasteiger partial charge < -0.3 is 15.1 Å². The highest BCUT2D eigenvalue weighted by molar-refractivity contribution is 5.95. The van der Waals surface area contributed by atoms with Gasteiger partial charge in [0.2, 0.25) is 5.65 Å². The van der Waals surface area contributed by atoms with Crippen LogP contribution in [0.4, 0.5) is 11.5 Å². The molecule has 2 aromatic carbocycles. The first-order chi connectivity index (χ1) is 17.6. The van der Waals surface area contributed by atoms with Crippen molar-refractivity contribution in [3.63, 3.8) is 0 Å². The van der Waals surface area contributed by atoms with E-state index in [2.05, 4.69) is 30.9 Å². The molecule has 1 saturated heterocycles. The number of piperazine rings is 1. The van der Waals surface area contributed by atoms with Gasteiger partial charge in [0.1, 0.15) is 5.69 Å². The Morgan fingerprint density at radius 3 is 2.33 bits per heavy atom. The lowest BCUT2D eigenvalue weighted by Crippen LogP contribution is -2.50. The Hall–Kier alpha value is -4.87. The van der Waals surface area contributed by atoms with Gasteiger partial charge in [-0.05, 0) is 52.9 Å². The number of nitrogens with one attached hydrogen (secondary N) is 1. The number of amides is 2. The van der Waals surface area contributed by atoms with Crippen LogP contribution in [0.5, 0.6) is 0 Å². The number of nitrogens with zero attached hydrogens (tertiary/aromatic N) is 9. The predicted octanol–water partition coefficient (Wildman–Crippen LogP) is 1.75. The molecule has 36 heavy (non-hydrogen) atoms. The Morgan fingerprint density at radius 2 is 1.61 bits per heavy atom. The number of aryl methyl sites for hydroxylation is 1. The van der Waals surface area contributed by atoms with Crippen molar-refractivity contribution < 1.29 is 9.59 Å². The molecule has 0 unspecified atom stereocenters. The van der Waals surface area contributed by atoms with Crippen LogP contribution >= 0.6 is 0 Å². The molecule has 1 N–H and O–H groups in total. The smallest absolute Gasteiger partial charge is 0.274 e. The lowest BCUT2D eigenvalue weighted by Gasteiger charge is -2.34. The van der Waals surface area contributed by atoms with Crippen molar-refractivity contribution in [3.05, 3.63) is 72.1 Å². The molecule has 4 heterocycles. The van der Waals surface area contributed by atoms with E-state index in [0.29, 0.717) is 48.9 Å². The predicted molar refractivity (Wildman–Crippen MR) is 131 cm³/mol. The second kappa shape index (κ2) is 8.73. The van der Waals surface area contributed by atoms with Gasteiger partial charge in [0.05, 0.1) is 11.0 Å². The SMILES string of the molecule is Cn1ccc(C(=O)N2CCN(C(=O)c3ccc(Nc4nc5ccccc5n5nnnc45)cc3)CC2)n1. The maximum absolute atomic E-state index is 13.0. The molecule has 1 aliphatic rings. The maximum atomic E-state index is 13.0. The summed E-state index contributed by atoms with van der Waals surface area (Å²) in [6, 6.07) is 16.5. The van der Waals surface area contributed by atoms with E-state index in [-0.39, 0.29) is 11.8 Å². The van der Waals surface area contributed by atoms with Gasteiger partial charge >= 0.3 is 0 Å². The van der Waals surface area contributed by atoms with E-state index in [1.807, 2.05) is 36.4 Å². The second-order valence-corrected chi connectivity index (χ2v) is 8.52. The molecule has 1 fully saturated rings. The van der Waals surface area contributed by atoms with Gasteiger partial charge in [-0.15, -0.1) is 5.10 Å². The fraction of sp³-hybridized carbons (Fsp3) is 0.208. The Morgan fingerprint density at radius 1 is 0.889 bits per heavy atom. The molecule has 3 aromatic heterocycles. The molecule has 180 valence electrons. The summed E-state index contributed by atoms with van der Waals surface area (Å²) >= 11 is 0. The maximum Gasteiger partial charge on any atom is 0.274 e. The molecule has 2 amide bonds. The average Bonchev–Trinajstić information content (AvgIpc) is 3.58. The number of aromatic nitrogens is 7. The molecule has 0 spiro atoms. The Bertz CT molecular complexity index is 1580. The number of tetrazole rings is 1. The molecular weight excluding hydrogens is 460 g/mol. The second-order valence-electron chi connectivity index (χ2n) is 8.52. The zero-order valence-electron chi connectivity index (χ0n) is 19.4. The first kappa shape index (κ1) is 21.6. The van der Waals surface area contributed by atoms with Gasteiger partial charge in [0, 0.05) is 50.7 Å². The largest absolute Gasteiger partial charge is 0.337 e. The number of rotatable bonds is 4. The Kier molecular flexibility index (Phi) is 5.25. The summed E-state index contributed by atoms with van der Waals surface area (Å²) in [6.07, 6.45) is 1.74. The molecule has 6 rings (SSSR count). The first-order valence-corrected chi connectivity index (χ1v) is 11.5.